The third kappa shape index (κ3) is 2.97. The number of aliphatic carboxylic acids is 1. The van der Waals surface area contributed by atoms with Crippen LogP contribution in [0.15, 0.2) is 24.3 Å². The Hall–Kier alpha value is -2.11. The number of anilines is 1. The molecule has 0 saturated heterocycles. The van der Waals surface area contributed by atoms with Crippen LogP contribution in [0.2, 0.25) is 0 Å². The predicted octanol–water partition coefficient (Wildman–Crippen LogP) is 2.26. The molecule has 1 unspecified atom stereocenters. The van der Waals surface area contributed by atoms with Crippen molar-refractivity contribution < 1.29 is 14.8 Å². The number of para-hydroxylation sites is 2. The Kier molecular flexibility index (Phi) is 3.45. The van der Waals surface area contributed by atoms with Crippen LogP contribution in [0.1, 0.15) is 19.3 Å². The van der Waals surface area contributed by atoms with Gasteiger partial charge in [0.25, 0.3) is 5.69 Å². The first-order valence-electron chi connectivity index (χ1n) is 5.79. The summed E-state index contributed by atoms with van der Waals surface area (Å²) in [4.78, 5) is 21.2. The first-order valence-corrected chi connectivity index (χ1v) is 5.79. The minimum Gasteiger partial charge on any atom is -0.481 e. The maximum absolute atomic E-state index is 10.9. The number of rotatable bonds is 6. The molecule has 6 heteroatoms. The van der Waals surface area contributed by atoms with Gasteiger partial charge >= 0.3 is 5.97 Å². The maximum atomic E-state index is 10.9. The van der Waals surface area contributed by atoms with Gasteiger partial charge in [0.05, 0.1) is 11.3 Å². The highest BCUT2D eigenvalue weighted by atomic mass is 16.6. The second-order valence-electron chi connectivity index (χ2n) is 4.46. The minimum absolute atomic E-state index is 0.0171. The van der Waals surface area contributed by atoms with Gasteiger partial charge in [-0.1, -0.05) is 12.1 Å². The topological polar surface area (TPSA) is 92.5 Å². The Morgan fingerprint density at radius 3 is 2.72 bits per heavy atom. The molecular weight excluding hydrogens is 236 g/mol. The van der Waals surface area contributed by atoms with E-state index in [1.54, 1.807) is 18.2 Å². The van der Waals surface area contributed by atoms with E-state index in [9.17, 15) is 14.9 Å². The number of hydrogen-bond donors (Lipinski definition) is 2. The summed E-state index contributed by atoms with van der Waals surface area (Å²) >= 11 is 0. The van der Waals surface area contributed by atoms with Crippen LogP contribution in [0.4, 0.5) is 11.4 Å². The summed E-state index contributed by atoms with van der Waals surface area (Å²) in [5.74, 6) is -0.584. The standard InChI is InChI=1S/C12H14N2O4/c15-12(16)7-10(8-5-6-8)13-9-3-1-2-4-11(9)14(17)18/h1-4,8,10,13H,5-7H2,(H,15,16). The Labute approximate surface area is 104 Å². The zero-order valence-electron chi connectivity index (χ0n) is 9.70. The van der Waals surface area contributed by atoms with Crippen LogP contribution in [0, 0.1) is 16.0 Å². The summed E-state index contributed by atoms with van der Waals surface area (Å²) in [5, 5.41) is 22.7. The lowest BCUT2D eigenvalue weighted by Crippen LogP contribution is -2.25. The van der Waals surface area contributed by atoms with Crippen LogP contribution >= 0.6 is 0 Å². The summed E-state index contributed by atoms with van der Waals surface area (Å²) in [6.07, 6.45) is 1.94. The SMILES string of the molecule is O=C(O)CC(Nc1ccccc1[N+](=O)[O-])C1CC1. The predicted molar refractivity (Wildman–Crippen MR) is 65.5 cm³/mol. The molecule has 2 rings (SSSR count). The van der Waals surface area contributed by atoms with Gasteiger partial charge in [-0.2, -0.15) is 0 Å². The van der Waals surface area contributed by atoms with Crippen molar-refractivity contribution in [2.75, 3.05) is 5.32 Å². The molecule has 1 fully saturated rings. The van der Waals surface area contributed by atoms with Crippen LogP contribution in [-0.2, 0) is 4.79 Å². The van der Waals surface area contributed by atoms with E-state index in [4.69, 9.17) is 5.11 Å². The normalized spacial score (nSPS) is 16.0. The molecule has 6 nitrogen and oxygen atoms in total. The van der Waals surface area contributed by atoms with E-state index >= 15 is 0 Å². The van der Waals surface area contributed by atoms with E-state index in [0.29, 0.717) is 11.6 Å². The number of nitro groups is 1. The van der Waals surface area contributed by atoms with E-state index < -0.39 is 10.9 Å². The van der Waals surface area contributed by atoms with E-state index in [0.717, 1.165) is 12.8 Å². The molecule has 0 radical (unpaired) electrons. The molecule has 0 aliphatic heterocycles. The highest BCUT2D eigenvalue weighted by Gasteiger charge is 2.33. The van der Waals surface area contributed by atoms with Gasteiger partial charge in [0.2, 0.25) is 0 Å². The van der Waals surface area contributed by atoms with Gasteiger partial charge in [-0.25, -0.2) is 0 Å². The molecule has 0 amide bonds. The molecule has 1 saturated carbocycles. The van der Waals surface area contributed by atoms with Crippen LogP contribution in [-0.4, -0.2) is 22.0 Å². The van der Waals surface area contributed by atoms with Crippen molar-refractivity contribution in [3.05, 3.63) is 34.4 Å². The average Bonchev–Trinajstić information content (AvgIpc) is 3.11. The minimum atomic E-state index is -0.891. The second-order valence-corrected chi connectivity index (χ2v) is 4.46. The molecule has 18 heavy (non-hydrogen) atoms. The van der Waals surface area contributed by atoms with Crippen molar-refractivity contribution in [3.63, 3.8) is 0 Å². The number of nitro benzene ring substituents is 1. The molecule has 2 N–H and O–H groups in total. The molecule has 1 aliphatic carbocycles. The number of carbonyl (C=O) groups is 1. The first-order chi connectivity index (χ1) is 8.58. The van der Waals surface area contributed by atoms with Crippen molar-refractivity contribution in [1.82, 2.24) is 0 Å². The summed E-state index contributed by atoms with van der Waals surface area (Å²) < 4.78 is 0. The van der Waals surface area contributed by atoms with E-state index in [2.05, 4.69) is 5.32 Å². The maximum Gasteiger partial charge on any atom is 0.305 e. The lowest BCUT2D eigenvalue weighted by Gasteiger charge is -2.17. The Morgan fingerprint density at radius 2 is 2.17 bits per heavy atom. The number of hydrogen-bond acceptors (Lipinski definition) is 4. The fourth-order valence-electron chi connectivity index (χ4n) is 1.98. The van der Waals surface area contributed by atoms with Crippen molar-refractivity contribution in [2.45, 2.75) is 25.3 Å². The second kappa shape index (κ2) is 5.03. The van der Waals surface area contributed by atoms with Crippen LogP contribution in [0.5, 0.6) is 0 Å². The lowest BCUT2D eigenvalue weighted by atomic mass is 10.1. The van der Waals surface area contributed by atoms with Crippen molar-refractivity contribution >= 4 is 17.3 Å². The first kappa shape index (κ1) is 12.3. The van der Waals surface area contributed by atoms with Gasteiger partial charge < -0.3 is 10.4 Å². The molecular formula is C12H14N2O4. The zero-order valence-corrected chi connectivity index (χ0v) is 9.70. The van der Waals surface area contributed by atoms with E-state index in [1.807, 2.05) is 0 Å². The van der Waals surface area contributed by atoms with E-state index in [-0.39, 0.29) is 18.2 Å². The monoisotopic (exact) mass is 250 g/mol. The summed E-state index contributed by atoms with van der Waals surface area (Å²) in [5.41, 5.74) is 0.370. The number of benzene rings is 1. The molecule has 1 aromatic carbocycles. The molecule has 0 bridgehead atoms. The number of carboxylic acid groups (broad SMARTS) is 1. The molecule has 0 aromatic heterocycles. The summed E-state index contributed by atoms with van der Waals surface area (Å²) in [7, 11) is 0. The smallest absolute Gasteiger partial charge is 0.305 e. The molecule has 0 spiro atoms. The Morgan fingerprint density at radius 1 is 1.50 bits per heavy atom. The fourth-order valence-corrected chi connectivity index (χ4v) is 1.98. The van der Waals surface area contributed by atoms with Gasteiger partial charge in [-0.15, -0.1) is 0 Å². The summed E-state index contributed by atoms with van der Waals surface area (Å²) in [6.45, 7) is 0. The van der Waals surface area contributed by atoms with Crippen molar-refractivity contribution in [1.29, 1.82) is 0 Å². The highest BCUT2D eigenvalue weighted by Crippen LogP contribution is 2.37. The number of nitrogens with one attached hydrogen (secondary N) is 1. The van der Waals surface area contributed by atoms with Gasteiger partial charge in [0.1, 0.15) is 5.69 Å². The third-order valence-electron chi connectivity index (χ3n) is 3.03. The quantitative estimate of drug-likeness (QED) is 0.596. The highest BCUT2D eigenvalue weighted by molar-refractivity contribution is 5.69. The molecule has 1 atom stereocenters. The van der Waals surface area contributed by atoms with Crippen molar-refractivity contribution in [2.24, 2.45) is 5.92 Å². The van der Waals surface area contributed by atoms with Gasteiger partial charge in [0, 0.05) is 12.1 Å². The molecule has 0 heterocycles. The lowest BCUT2D eigenvalue weighted by molar-refractivity contribution is -0.384. The van der Waals surface area contributed by atoms with Crippen LogP contribution in [0.3, 0.4) is 0 Å². The van der Waals surface area contributed by atoms with Crippen LogP contribution < -0.4 is 5.32 Å². The average molecular weight is 250 g/mol. The zero-order chi connectivity index (χ0) is 13.1. The van der Waals surface area contributed by atoms with Crippen LogP contribution in [0.25, 0.3) is 0 Å². The summed E-state index contributed by atoms with van der Waals surface area (Å²) in [6, 6.07) is 6.07. The van der Waals surface area contributed by atoms with Gasteiger partial charge in [0.15, 0.2) is 0 Å². The number of carboxylic acids is 1. The largest absolute Gasteiger partial charge is 0.481 e. The molecule has 1 aliphatic rings. The van der Waals surface area contributed by atoms with Gasteiger partial charge in [-0.3, -0.25) is 14.9 Å². The van der Waals surface area contributed by atoms with Crippen molar-refractivity contribution in [3.8, 4) is 0 Å². The third-order valence-corrected chi connectivity index (χ3v) is 3.03. The fraction of sp³-hybridized carbons (Fsp3) is 0.417. The van der Waals surface area contributed by atoms with Gasteiger partial charge in [-0.05, 0) is 24.8 Å². The molecule has 1 aromatic rings. The Balaban J connectivity index is 2.15. The molecule has 96 valence electrons. The van der Waals surface area contributed by atoms with E-state index in [1.165, 1.54) is 6.07 Å². The Bertz CT molecular complexity index is 471. The number of nitrogens with zero attached hydrogens (tertiary/aromatic N) is 1.